The largest absolute Gasteiger partial charge is 0.423 e. The van der Waals surface area contributed by atoms with E-state index in [1.165, 1.54) is 17.7 Å². The van der Waals surface area contributed by atoms with Gasteiger partial charge in [-0.05, 0) is 85.3 Å². The van der Waals surface area contributed by atoms with Gasteiger partial charge in [0.2, 0.25) is 0 Å². The van der Waals surface area contributed by atoms with Gasteiger partial charge in [-0.25, -0.2) is 13.2 Å². The molecule has 196 valence electrons. The van der Waals surface area contributed by atoms with Crippen molar-refractivity contribution < 1.29 is 22.7 Å². The lowest BCUT2D eigenvalue weighted by Crippen LogP contribution is -2.25. The number of ether oxygens (including phenoxy) is 1. The molecule has 0 aromatic heterocycles. The van der Waals surface area contributed by atoms with E-state index in [4.69, 9.17) is 4.74 Å². The van der Waals surface area contributed by atoms with Crippen LogP contribution in [0.1, 0.15) is 81.4 Å². The molecular formula is C32H35F3O2. The fourth-order valence-corrected chi connectivity index (χ4v) is 5.24. The molecule has 1 aliphatic carbocycles. The Morgan fingerprint density at radius 1 is 0.811 bits per heavy atom. The van der Waals surface area contributed by atoms with Gasteiger partial charge in [0.05, 0.1) is 5.92 Å². The molecule has 0 atom stereocenters. The molecule has 1 aliphatic rings. The van der Waals surface area contributed by atoms with Gasteiger partial charge in [0, 0.05) is 5.56 Å². The van der Waals surface area contributed by atoms with E-state index in [1.807, 2.05) is 24.3 Å². The van der Waals surface area contributed by atoms with Crippen LogP contribution in [0.4, 0.5) is 13.2 Å². The zero-order valence-corrected chi connectivity index (χ0v) is 21.7. The summed E-state index contributed by atoms with van der Waals surface area (Å²) in [7, 11) is 0. The van der Waals surface area contributed by atoms with Crippen LogP contribution >= 0.6 is 0 Å². The van der Waals surface area contributed by atoms with Crippen LogP contribution in [0.15, 0.2) is 54.6 Å². The average molecular weight is 509 g/mol. The highest BCUT2D eigenvalue weighted by Gasteiger charge is 2.31. The Balaban J connectivity index is 1.37. The zero-order chi connectivity index (χ0) is 26.4. The Morgan fingerprint density at radius 2 is 1.51 bits per heavy atom. The minimum absolute atomic E-state index is 0.0567. The van der Waals surface area contributed by atoms with E-state index in [9.17, 15) is 9.18 Å². The Kier molecular flexibility index (Phi) is 9.07. The van der Waals surface area contributed by atoms with E-state index in [0.29, 0.717) is 36.8 Å². The van der Waals surface area contributed by atoms with Gasteiger partial charge in [0.15, 0.2) is 23.2 Å². The number of carbonyl (C=O) groups excluding carboxylic acids is 1. The first-order valence-corrected chi connectivity index (χ1v) is 13.5. The number of hydrogen-bond donors (Lipinski definition) is 0. The molecule has 0 heterocycles. The van der Waals surface area contributed by atoms with Crippen molar-refractivity contribution in [2.24, 2.45) is 5.92 Å². The molecule has 0 spiro atoms. The molecule has 0 N–H and O–H groups in total. The maximum absolute atomic E-state index is 15.1. The van der Waals surface area contributed by atoms with Crippen molar-refractivity contribution in [3.05, 3.63) is 88.7 Å². The van der Waals surface area contributed by atoms with Crippen LogP contribution in [-0.4, -0.2) is 5.97 Å². The van der Waals surface area contributed by atoms with Gasteiger partial charge >= 0.3 is 5.97 Å². The molecule has 0 unspecified atom stereocenters. The zero-order valence-electron chi connectivity index (χ0n) is 21.7. The van der Waals surface area contributed by atoms with E-state index in [1.54, 1.807) is 18.2 Å². The number of benzene rings is 3. The van der Waals surface area contributed by atoms with E-state index in [2.05, 4.69) is 13.8 Å². The molecular weight excluding hydrogens is 473 g/mol. The summed E-state index contributed by atoms with van der Waals surface area (Å²) in [4.78, 5) is 12.7. The van der Waals surface area contributed by atoms with Gasteiger partial charge in [-0.2, -0.15) is 0 Å². The number of hydrogen-bond acceptors (Lipinski definition) is 2. The molecule has 3 aromatic carbocycles. The molecule has 0 saturated heterocycles. The number of esters is 1. The van der Waals surface area contributed by atoms with Crippen LogP contribution in [0.5, 0.6) is 5.75 Å². The molecule has 0 bridgehead atoms. The molecule has 5 heteroatoms. The predicted octanol–water partition coefficient (Wildman–Crippen LogP) is 8.95. The van der Waals surface area contributed by atoms with Crippen molar-refractivity contribution in [3.63, 3.8) is 0 Å². The van der Waals surface area contributed by atoms with Gasteiger partial charge in [-0.1, -0.05) is 69.2 Å². The summed E-state index contributed by atoms with van der Waals surface area (Å²) in [5.74, 6) is -3.26. The first kappa shape index (κ1) is 27.0. The number of rotatable bonds is 9. The summed E-state index contributed by atoms with van der Waals surface area (Å²) in [6, 6.07) is 15.6. The molecule has 37 heavy (non-hydrogen) atoms. The minimum Gasteiger partial charge on any atom is -0.423 e. The standard InChI is InChI=1S/C32H35F3O2/c1-3-5-7-22-10-19-29(28(33)20-22)37-32(36)25-15-13-24(14-16-25)27-18-17-26(30(34)31(27)35)23-11-8-21(6-4-2)9-12-23/h8-12,17-20,24-25H,3-7,13-16H2,1-2H3. The Bertz CT molecular complexity index is 1210. The van der Waals surface area contributed by atoms with E-state index < -0.39 is 23.4 Å². The average Bonchev–Trinajstić information content (AvgIpc) is 2.91. The lowest BCUT2D eigenvalue weighted by atomic mass is 9.78. The molecule has 1 fully saturated rings. The number of unbranched alkanes of at least 4 members (excludes halogenated alkanes) is 1. The first-order valence-electron chi connectivity index (χ1n) is 13.5. The fourth-order valence-electron chi connectivity index (χ4n) is 5.24. The van der Waals surface area contributed by atoms with Crippen molar-refractivity contribution in [2.45, 2.75) is 77.6 Å². The number of halogens is 3. The second-order valence-electron chi connectivity index (χ2n) is 10.1. The van der Waals surface area contributed by atoms with Crippen molar-refractivity contribution in [1.82, 2.24) is 0 Å². The van der Waals surface area contributed by atoms with Crippen molar-refractivity contribution in [2.75, 3.05) is 0 Å². The summed E-state index contributed by atoms with van der Waals surface area (Å²) in [5.41, 5.74) is 3.31. The summed E-state index contributed by atoms with van der Waals surface area (Å²) in [6.45, 7) is 4.18. The van der Waals surface area contributed by atoms with Crippen LogP contribution < -0.4 is 4.74 Å². The summed E-state index contributed by atoms with van der Waals surface area (Å²) in [6.07, 6.45) is 6.82. The highest BCUT2D eigenvalue weighted by molar-refractivity contribution is 5.75. The van der Waals surface area contributed by atoms with Crippen LogP contribution in [-0.2, 0) is 17.6 Å². The molecule has 0 radical (unpaired) electrons. The third kappa shape index (κ3) is 6.44. The van der Waals surface area contributed by atoms with Crippen molar-refractivity contribution >= 4 is 5.97 Å². The fraction of sp³-hybridized carbons (Fsp3) is 0.406. The molecule has 2 nitrogen and oxygen atoms in total. The Labute approximate surface area is 217 Å². The SMILES string of the molecule is CCCCc1ccc(OC(=O)C2CCC(c3ccc(-c4ccc(CCC)cc4)c(F)c3F)CC2)c(F)c1. The monoisotopic (exact) mass is 508 g/mol. The predicted molar refractivity (Wildman–Crippen MR) is 141 cm³/mol. The first-order chi connectivity index (χ1) is 17.9. The molecule has 0 aliphatic heterocycles. The third-order valence-electron chi connectivity index (χ3n) is 7.44. The lowest BCUT2D eigenvalue weighted by molar-refractivity contribution is -0.140. The minimum atomic E-state index is -0.833. The van der Waals surface area contributed by atoms with E-state index in [0.717, 1.165) is 37.7 Å². The normalized spacial score (nSPS) is 17.5. The number of aryl methyl sites for hydroxylation is 2. The van der Waals surface area contributed by atoms with Crippen molar-refractivity contribution in [1.29, 1.82) is 0 Å². The summed E-state index contributed by atoms with van der Waals surface area (Å²) in [5, 5.41) is 0. The lowest BCUT2D eigenvalue weighted by Gasteiger charge is -2.28. The van der Waals surface area contributed by atoms with Gasteiger partial charge < -0.3 is 4.74 Å². The van der Waals surface area contributed by atoms with Crippen LogP contribution in [0.25, 0.3) is 11.1 Å². The van der Waals surface area contributed by atoms with E-state index >= 15 is 8.78 Å². The van der Waals surface area contributed by atoms with Crippen LogP contribution in [0.2, 0.25) is 0 Å². The Morgan fingerprint density at radius 3 is 2.16 bits per heavy atom. The quantitative estimate of drug-likeness (QED) is 0.213. The van der Waals surface area contributed by atoms with Gasteiger partial charge in [0.1, 0.15) is 0 Å². The van der Waals surface area contributed by atoms with Crippen LogP contribution in [0.3, 0.4) is 0 Å². The maximum Gasteiger partial charge on any atom is 0.314 e. The Hall–Kier alpha value is -3.08. The molecule has 4 rings (SSSR count). The van der Waals surface area contributed by atoms with Gasteiger partial charge in [0.25, 0.3) is 0 Å². The van der Waals surface area contributed by atoms with Crippen LogP contribution in [0, 0.1) is 23.4 Å². The molecule has 3 aromatic rings. The van der Waals surface area contributed by atoms with E-state index in [-0.39, 0.29) is 23.1 Å². The highest BCUT2D eigenvalue weighted by Crippen LogP contribution is 2.39. The maximum atomic E-state index is 15.1. The summed E-state index contributed by atoms with van der Waals surface area (Å²) < 4.78 is 50.0. The highest BCUT2D eigenvalue weighted by atomic mass is 19.2. The molecule has 0 amide bonds. The number of carbonyl (C=O) groups is 1. The van der Waals surface area contributed by atoms with Gasteiger partial charge in [-0.3, -0.25) is 4.79 Å². The second kappa shape index (κ2) is 12.4. The smallest absolute Gasteiger partial charge is 0.314 e. The second-order valence-corrected chi connectivity index (χ2v) is 10.1. The van der Waals surface area contributed by atoms with Gasteiger partial charge in [-0.15, -0.1) is 0 Å². The molecule has 1 saturated carbocycles. The summed E-state index contributed by atoms with van der Waals surface area (Å²) >= 11 is 0. The third-order valence-corrected chi connectivity index (χ3v) is 7.44. The topological polar surface area (TPSA) is 26.3 Å². The van der Waals surface area contributed by atoms with Crippen molar-refractivity contribution in [3.8, 4) is 16.9 Å².